The Morgan fingerprint density at radius 3 is 2.47 bits per heavy atom. The maximum Gasteiger partial charge on any atom is 0.123 e. The molecule has 1 saturated carbocycles. The van der Waals surface area contributed by atoms with E-state index >= 15 is 0 Å². The summed E-state index contributed by atoms with van der Waals surface area (Å²) in [5.41, 5.74) is 1.28. The van der Waals surface area contributed by atoms with E-state index in [0.717, 1.165) is 6.54 Å². The molecular weight excluding hydrogens is 239 g/mol. The van der Waals surface area contributed by atoms with Crippen molar-refractivity contribution in [2.45, 2.75) is 37.6 Å². The first-order valence-electron chi connectivity index (χ1n) is 7.28. The smallest absolute Gasteiger partial charge is 0.123 e. The molecule has 1 N–H and O–H groups in total. The van der Waals surface area contributed by atoms with Gasteiger partial charge < -0.3 is 10.2 Å². The minimum atomic E-state index is -0.140. The van der Waals surface area contributed by atoms with Crippen molar-refractivity contribution in [3.05, 3.63) is 35.6 Å². The van der Waals surface area contributed by atoms with Crippen LogP contribution in [0.15, 0.2) is 24.3 Å². The van der Waals surface area contributed by atoms with E-state index in [2.05, 4.69) is 24.3 Å². The van der Waals surface area contributed by atoms with Crippen molar-refractivity contribution in [2.24, 2.45) is 0 Å². The van der Waals surface area contributed by atoms with Crippen LogP contribution in [-0.2, 0) is 0 Å². The van der Waals surface area contributed by atoms with Crippen molar-refractivity contribution >= 4 is 0 Å². The molecule has 19 heavy (non-hydrogen) atoms. The number of nitrogens with zero attached hydrogens (tertiary/aromatic N) is 1. The highest BCUT2D eigenvalue weighted by atomic mass is 19.1. The Morgan fingerprint density at radius 2 is 1.84 bits per heavy atom. The molecule has 3 heteroatoms. The van der Waals surface area contributed by atoms with E-state index in [0.29, 0.717) is 12.0 Å². The fourth-order valence-electron chi connectivity index (χ4n) is 2.65. The molecule has 0 atom stereocenters. The zero-order valence-electron chi connectivity index (χ0n) is 12.0. The fraction of sp³-hybridized carbons (Fsp3) is 0.625. The maximum absolute atomic E-state index is 12.8. The van der Waals surface area contributed by atoms with Crippen LogP contribution in [0, 0.1) is 5.82 Å². The van der Waals surface area contributed by atoms with E-state index in [1.54, 1.807) is 12.1 Å². The molecule has 1 aromatic rings. The average molecular weight is 264 g/mol. The van der Waals surface area contributed by atoms with Gasteiger partial charge in [0.05, 0.1) is 0 Å². The average Bonchev–Trinajstić information content (AvgIpc) is 2.32. The normalized spacial score (nSPS) is 22.5. The van der Waals surface area contributed by atoms with E-state index < -0.39 is 0 Å². The maximum atomic E-state index is 12.8. The minimum absolute atomic E-state index is 0.140. The van der Waals surface area contributed by atoms with E-state index in [4.69, 9.17) is 0 Å². The number of nitrogens with one attached hydrogen (secondary N) is 1. The topological polar surface area (TPSA) is 15.3 Å². The molecule has 0 aromatic heterocycles. The zero-order chi connectivity index (χ0) is 13.7. The predicted molar refractivity (Wildman–Crippen MR) is 78.0 cm³/mol. The Hall–Kier alpha value is -0.930. The third-order valence-electron chi connectivity index (χ3n) is 3.94. The molecule has 1 aromatic carbocycles. The first-order valence-corrected chi connectivity index (χ1v) is 7.28. The highest BCUT2D eigenvalue weighted by molar-refractivity contribution is 5.23. The predicted octanol–water partition coefficient (Wildman–Crippen LogP) is 3.00. The summed E-state index contributed by atoms with van der Waals surface area (Å²) in [6.07, 6.45) is 4.89. The Morgan fingerprint density at radius 1 is 1.16 bits per heavy atom. The molecule has 0 amide bonds. The standard InChI is InChI=1S/C16H25FN2/c1-19(2)10-4-3-9-18-16-11-14(12-16)13-5-7-15(17)8-6-13/h5-8,14,16,18H,3-4,9-12H2,1-2H3. The van der Waals surface area contributed by atoms with E-state index in [1.807, 2.05) is 12.1 Å². The largest absolute Gasteiger partial charge is 0.314 e. The Bertz CT molecular complexity index is 369. The summed E-state index contributed by atoms with van der Waals surface area (Å²) in [5.74, 6) is 0.485. The van der Waals surface area contributed by atoms with Gasteiger partial charge in [-0.1, -0.05) is 12.1 Å². The molecule has 0 aliphatic heterocycles. The van der Waals surface area contributed by atoms with Crippen molar-refractivity contribution in [1.29, 1.82) is 0 Å². The Kier molecular flexibility index (Phi) is 5.34. The summed E-state index contributed by atoms with van der Waals surface area (Å²) in [5, 5.41) is 3.61. The third kappa shape index (κ3) is 4.59. The zero-order valence-corrected chi connectivity index (χ0v) is 12.0. The molecule has 0 bridgehead atoms. The van der Waals surface area contributed by atoms with Crippen molar-refractivity contribution in [3.8, 4) is 0 Å². The van der Waals surface area contributed by atoms with Crippen molar-refractivity contribution in [3.63, 3.8) is 0 Å². The van der Waals surface area contributed by atoms with Crippen LogP contribution in [0.3, 0.4) is 0 Å². The molecule has 1 aliphatic carbocycles. The molecule has 1 aliphatic rings. The quantitative estimate of drug-likeness (QED) is 0.762. The van der Waals surface area contributed by atoms with Gasteiger partial charge in [0.2, 0.25) is 0 Å². The van der Waals surface area contributed by atoms with Gasteiger partial charge in [-0.25, -0.2) is 4.39 Å². The molecule has 2 rings (SSSR count). The molecule has 0 heterocycles. The number of rotatable bonds is 7. The Labute approximate surface area is 116 Å². The number of benzene rings is 1. The number of unbranched alkanes of at least 4 members (excludes halogenated alkanes) is 1. The van der Waals surface area contributed by atoms with Gasteiger partial charge in [0.1, 0.15) is 5.82 Å². The SMILES string of the molecule is CN(C)CCCCNC1CC(c2ccc(F)cc2)C1. The van der Waals surface area contributed by atoms with Crippen molar-refractivity contribution in [2.75, 3.05) is 27.2 Å². The lowest BCUT2D eigenvalue weighted by Crippen LogP contribution is -2.40. The van der Waals surface area contributed by atoms with Crippen molar-refractivity contribution < 1.29 is 4.39 Å². The number of halogens is 1. The van der Waals surface area contributed by atoms with Crippen LogP contribution in [0.4, 0.5) is 4.39 Å². The molecule has 0 unspecified atom stereocenters. The highest BCUT2D eigenvalue weighted by Gasteiger charge is 2.29. The van der Waals surface area contributed by atoms with Crippen LogP contribution in [0.1, 0.15) is 37.2 Å². The third-order valence-corrected chi connectivity index (χ3v) is 3.94. The van der Waals surface area contributed by atoms with Crippen molar-refractivity contribution in [1.82, 2.24) is 10.2 Å². The lowest BCUT2D eigenvalue weighted by Gasteiger charge is -2.36. The summed E-state index contributed by atoms with van der Waals surface area (Å²) in [7, 11) is 4.24. The molecular formula is C16H25FN2. The molecule has 1 fully saturated rings. The number of hydrogen-bond acceptors (Lipinski definition) is 2. The lowest BCUT2D eigenvalue weighted by molar-refractivity contribution is 0.287. The van der Waals surface area contributed by atoms with Gasteiger partial charge in [-0.15, -0.1) is 0 Å². The molecule has 0 saturated heterocycles. The highest BCUT2D eigenvalue weighted by Crippen LogP contribution is 2.36. The summed E-state index contributed by atoms with van der Waals surface area (Å²) >= 11 is 0. The van der Waals surface area contributed by atoms with E-state index in [1.165, 1.54) is 37.8 Å². The van der Waals surface area contributed by atoms with E-state index in [-0.39, 0.29) is 5.82 Å². The molecule has 2 nitrogen and oxygen atoms in total. The second-order valence-corrected chi connectivity index (χ2v) is 5.88. The number of hydrogen-bond donors (Lipinski definition) is 1. The van der Waals surface area contributed by atoms with Crippen LogP contribution < -0.4 is 5.32 Å². The lowest BCUT2D eigenvalue weighted by atomic mass is 9.76. The molecule has 106 valence electrons. The van der Waals surface area contributed by atoms with Crippen LogP contribution in [0.2, 0.25) is 0 Å². The summed E-state index contributed by atoms with van der Waals surface area (Å²) in [6, 6.07) is 7.64. The van der Waals surface area contributed by atoms with Gasteiger partial charge in [-0.05, 0) is 76.5 Å². The summed E-state index contributed by atoms with van der Waals surface area (Å²) in [6.45, 7) is 2.29. The van der Waals surface area contributed by atoms with Gasteiger partial charge in [0.25, 0.3) is 0 Å². The monoisotopic (exact) mass is 264 g/mol. The fourth-order valence-corrected chi connectivity index (χ4v) is 2.65. The first-order chi connectivity index (χ1) is 9.15. The van der Waals surface area contributed by atoms with Gasteiger partial charge in [-0.2, -0.15) is 0 Å². The summed E-state index contributed by atoms with van der Waals surface area (Å²) < 4.78 is 12.8. The Balaban J connectivity index is 1.57. The van der Waals surface area contributed by atoms with Gasteiger partial charge in [0, 0.05) is 6.04 Å². The molecule has 0 radical (unpaired) electrons. The molecule has 0 spiro atoms. The van der Waals surface area contributed by atoms with Crippen LogP contribution in [0.25, 0.3) is 0 Å². The van der Waals surface area contributed by atoms with E-state index in [9.17, 15) is 4.39 Å². The van der Waals surface area contributed by atoms with Gasteiger partial charge in [0.15, 0.2) is 0 Å². The van der Waals surface area contributed by atoms with Gasteiger partial charge >= 0.3 is 0 Å². The summed E-state index contributed by atoms with van der Waals surface area (Å²) in [4.78, 5) is 2.23. The van der Waals surface area contributed by atoms with Crippen LogP contribution in [-0.4, -0.2) is 38.1 Å². The van der Waals surface area contributed by atoms with Gasteiger partial charge in [-0.3, -0.25) is 0 Å². The first kappa shape index (κ1) is 14.5. The second kappa shape index (κ2) is 7.01. The minimum Gasteiger partial charge on any atom is -0.314 e. The second-order valence-electron chi connectivity index (χ2n) is 5.88. The van der Waals surface area contributed by atoms with Crippen LogP contribution in [0.5, 0.6) is 0 Å². The van der Waals surface area contributed by atoms with Crippen LogP contribution >= 0.6 is 0 Å².